The molecule has 0 fully saturated rings. The molecular formula is C7H9N3. The van der Waals surface area contributed by atoms with E-state index in [0.717, 1.165) is 5.57 Å². The second kappa shape index (κ2) is 2.96. The van der Waals surface area contributed by atoms with Crippen molar-refractivity contribution in [3.05, 3.63) is 23.9 Å². The van der Waals surface area contributed by atoms with E-state index in [1.807, 2.05) is 6.08 Å². The van der Waals surface area contributed by atoms with Gasteiger partial charge in [-0.3, -0.25) is 5.41 Å². The first-order valence-corrected chi connectivity index (χ1v) is 3.01. The van der Waals surface area contributed by atoms with Gasteiger partial charge >= 0.3 is 0 Å². The van der Waals surface area contributed by atoms with Gasteiger partial charge in [-0.15, -0.1) is 0 Å². The number of rotatable bonds is 1. The van der Waals surface area contributed by atoms with Crippen LogP contribution >= 0.6 is 0 Å². The fourth-order valence-electron chi connectivity index (χ4n) is 0.690. The first kappa shape index (κ1) is 6.74. The fourth-order valence-corrected chi connectivity index (χ4v) is 0.690. The van der Waals surface area contributed by atoms with E-state index in [9.17, 15) is 0 Å². The Balaban J connectivity index is 2.80. The van der Waals surface area contributed by atoms with Crippen LogP contribution in [-0.4, -0.2) is 19.1 Å². The van der Waals surface area contributed by atoms with Gasteiger partial charge in [-0.2, -0.15) is 0 Å². The van der Waals surface area contributed by atoms with Crippen molar-refractivity contribution < 1.29 is 0 Å². The van der Waals surface area contributed by atoms with E-state index >= 15 is 0 Å². The number of amidine groups is 1. The molecule has 0 spiro atoms. The maximum Gasteiger partial charge on any atom is 0.153 e. The summed E-state index contributed by atoms with van der Waals surface area (Å²) in [5.41, 5.74) is 0.810. The van der Waals surface area contributed by atoms with Gasteiger partial charge in [-0.25, -0.2) is 4.99 Å². The number of allylic oxidation sites excluding steroid dienone is 1. The molecule has 3 nitrogen and oxygen atoms in total. The van der Waals surface area contributed by atoms with E-state index in [0.29, 0.717) is 5.84 Å². The maximum absolute atomic E-state index is 7.29. The van der Waals surface area contributed by atoms with Crippen LogP contribution < -0.4 is 5.32 Å². The lowest BCUT2D eigenvalue weighted by Gasteiger charge is -2.01. The maximum atomic E-state index is 7.29. The average molecular weight is 135 g/mol. The standard InChI is InChI=1S/C7H9N3/c1-9-5-6-3-2-4-10-7(6)8/h2-5,8-9H,1H3/b6-5-,8-7?. The van der Waals surface area contributed by atoms with Gasteiger partial charge in [-0.05, 0) is 12.2 Å². The zero-order valence-corrected chi connectivity index (χ0v) is 5.76. The number of dihydropyridines is 1. The van der Waals surface area contributed by atoms with Gasteiger partial charge in [-0.1, -0.05) is 0 Å². The lowest BCUT2D eigenvalue weighted by Crippen LogP contribution is -2.04. The summed E-state index contributed by atoms with van der Waals surface area (Å²) in [5, 5.41) is 10.1. The third-order valence-electron chi connectivity index (χ3n) is 1.14. The van der Waals surface area contributed by atoms with Crippen LogP contribution in [0.1, 0.15) is 0 Å². The summed E-state index contributed by atoms with van der Waals surface area (Å²) >= 11 is 0. The van der Waals surface area contributed by atoms with Crippen molar-refractivity contribution in [2.24, 2.45) is 4.99 Å². The van der Waals surface area contributed by atoms with Crippen LogP contribution in [0.25, 0.3) is 0 Å². The molecule has 0 aromatic carbocycles. The minimum absolute atomic E-state index is 0.303. The van der Waals surface area contributed by atoms with Gasteiger partial charge in [0.2, 0.25) is 0 Å². The third-order valence-corrected chi connectivity index (χ3v) is 1.14. The van der Waals surface area contributed by atoms with E-state index in [-0.39, 0.29) is 0 Å². The normalized spacial score (nSPS) is 20.1. The molecule has 0 radical (unpaired) electrons. The fraction of sp³-hybridized carbons (Fsp3) is 0.143. The third kappa shape index (κ3) is 1.31. The van der Waals surface area contributed by atoms with Crippen molar-refractivity contribution in [3.8, 4) is 0 Å². The van der Waals surface area contributed by atoms with Crippen molar-refractivity contribution in [1.82, 2.24) is 5.32 Å². The summed E-state index contributed by atoms with van der Waals surface area (Å²) in [4.78, 5) is 3.79. The zero-order chi connectivity index (χ0) is 7.40. The summed E-state index contributed by atoms with van der Waals surface area (Å²) in [5.74, 6) is 0.303. The molecule has 0 aromatic heterocycles. The van der Waals surface area contributed by atoms with Gasteiger partial charge in [0.25, 0.3) is 0 Å². The number of hydrogen-bond donors (Lipinski definition) is 2. The zero-order valence-electron chi connectivity index (χ0n) is 5.76. The molecule has 0 unspecified atom stereocenters. The SMILES string of the molecule is CN/C=C1/C=CC=NC1=N. The molecule has 1 aliphatic rings. The van der Waals surface area contributed by atoms with Crippen LogP contribution in [-0.2, 0) is 0 Å². The lowest BCUT2D eigenvalue weighted by molar-refractivity contribution is 1.09. The number of aliphatic imine (C=N–C) groups is 1. The second-order valence-corrected chi connectivity index (χ2v) is 1.87. The molecular weight excluding hydrogens is 126 g/mol. The van der Waals surface area contributed by atoms with E-state index in [2.05, 4.69) is 10.3 Å². The van der Waals surface area contributed by atoms with E-state index < -0.39 is 0 Å². The molecule has 0 aliphatic carbocycles. The first-order chi connectivity index (χ1) is 4.84. The number of nitrogens with one attached hydrogen (secondary N) is 2. The molecule has 1 heterocycles. The smallest absolute Gasteiger partial charge is 0.153 e. The molecule has 52 valence electrons. The highest BCUT2D eigenvalue weighted by atomic mass is 14.8. The molecule has 0 saturated carbocycles. The summed E-state index contributed by atoms with van der Waals surface area (Å²) in [6, 6.07) is 0. The molecule has 0 saturated heterocycles. The minimum Gasteiger partial charge on any atom is -0.393 e. The molecule has 10 heavy (non-hydrogen) atoms. The van der Waals surface area contributed by atoms with Crippen molar-refractivity contribution in [2.75, 3.05) is 7.05 Å². The Morgan fingerprint density at radius 1 is 1.70 bits per heavy atom. The van der Waals surface area contributed by atoms with Crippen LogP contribution in [0.2, 0.25) is 0 Å². The minimum atomic E-state index is 0.303. The largest absolute Gasteiger partial charge is 0.393 e. The molecule has 0 amide bonds. The van der Waals surface area contributed by atoms with Crippen molar-refractivity contribution >= 4 is 12.1 Å². The molecule has 3 heteroatoms. The molecule has 0 bridgehead atoms. The van der Waals surface area contributed by atoms with Crippen LogP contribution in [0.5, 0.6) is 0 Å². The molecule has 2 N–H and O–H groups in total. The van der Waals surface area contributed by atoms with Crippen LogP contribution in [0.15, 0.2) is 28.9 Å². The molecule has 1 aliphatic heterocycles. The molecule has 0 aromatic rings. The van der Waals surface area contributed by atoms with Gasteiger partial charge in [0.15, 0.2) is 5.84 Å². The van der Waals surface area contributed by atoms with E-state index in [1.165, 1.54) is 0 Å². The monoisotopic (exact) mass is 135 g/mol. The van der Waals surface area contributed by atoms with E-state index in [4.69, 9.17) is 5.41 Å². The Labute approximate surface area is 59.7 Å². The number of hydrogen-bond acceptors (Lipinski definition) is 2. The van der Waals surface area contributed by atoms with Gasteiger partial charge < -0.3 is 5.32 Å². The van der Waals surface area contributed by atoms with Gasteiger partial charge in [0.1, 0.15) is 0 Å². The Kier molecular flexibility index (Phi) is 1.99. The summed E-state index contributed by atoms with van der Waals surface area (Å²) in [6.07, 6.45) is 7.00. The predicted molar refractivity (Wildman–Crippen MR) is 42.5 cm³/mol. The summed E-state index contributed by atoms with van der Waals surface area (Å²) in [7, 11) is 1.80. The highest BCUT2D eigenvalue weighted by Gasteiger charge is 2.00. The highest BCUT2D eigenvalue weighted by molar-refractivity contribution is 6.06. The van der Waals surface area contributed by atoms with Crippen LogP contribution in [0.4, 0.5) is 0 Å². The van der Waals surface area contributed by atoms with E-state index in [1.54, 1.807) is 25.5 Å². The topological polar surface area (TPSA) is 48.2 Å². The lowest BCUT2D eigenvalue weighted by atomic mass is 10.2. The van der Waals surface area contributed by atoms with Crippen molar-refractivity contribution in [3.63, 3.8) is 0 Å². The predicted octanol–water partition coefficient (Wildman–Crippen LogP) is 0.708. The summed E-state index contributed by atoms with van der Waals surface area (Å²) < 4.78 is 0. The Morgan fingerprint density at radius 2 is 2.50 bits per heavy atom. The molecule has 0 atom stereocenters. The van der Waals surface area contributed by atoms with Crippen molar-refractivity contribution in [2.45, 2.75) is 0 Å². The van der Waals surface area contributed by atoms with Crippen LogP contribution in [0.3, 0.4) is 0 Å². The summed E-state index contributed by atoms with van der Waals surface area (Å²) in [6.45, 7) is 0. The number of nitrogens with zero attached hydrogens (tertiary/aromatic N) is 1. The van der Waals surface area contributed by atoms with Crippen LogP contribution in [0, 0.1) is 5.41 Å². The van der Waals surface area contributed by atoms with Gasteiger partial charge in [0, 0.05) is 25.0 Å². The Hall–Kier alpha value is -1.38. The Bertz CT molecular complexity index is 223. The van der Waals surface area contributed by atoms with Crippen molar-refractivity contribution in [1.29, 1.82) is 5.41 Å². The van der Waals surface area contributed by atoms with Gasteiger partial charge in [0.05, 0.1) is 0 Å². The average Bonchev–Trinajstić information content (AvgIpc) is 1.94. The molecule has 1 rings (SSSR count). The second-order valence-electron chi connectivity index (χ2n) is 1.87. The first-order valence-electron chi connectivity index (χ1n) is 3.01. The Morgan fingerprint density at radius 3 is 3.10 bits per heavy atom. The highest BCUT2D eigenvalue weighted by Crippen LogP contribution is 2.02. The quantitative estimate of drug-likeness (QED) is 0.546.